The van der Waals surface area contributed by atoms with Crippen molar-refractivity contribution in [2.45, 2.75) is 0 Å². The zero-order valence-electron chi connectivity index (χ0n) is 8.41. The molecule has 0 aliphatic rings. The standard InChI is InChI=1S/C10H10ClN3O/c1-14(2)10-12-8-4-3-6(11)5-7(8)9(15)13-10/h3-5H,1-2H3,(H,12,13,15). The third-order valence-electron chi connectivity index (χ3n) is 2.08. The smallest absolute Gasteiger partial charge is 0.260 e. The van der Waals surface area contributed by atoms with Crippen LogP contribution in [0, 0.1) is 0 Å². The number of aromatic amines is 1. The van der Waals surface area contributed by atoms with Crippen molar-refractivity contribution in [2.24, 2.45) is 0 Å². The highest BCUT2D eigenvalue weighted by Gasteiger charge is 2.05. The maximum absolute atomic E-state index is 11.7. The summed E-state index contributed by atoms with van der Waals surface area (Å²) in [5, 5.41) is 1.04. The predicted molar refractivity (Wildman–Crippen MR) is 61.7 cm³/mol. The Morgan fingerprint density at radius 1 is 1.40 bits per heavy atom. The van der Waals surface area contributed by atoms with Gasteiger partial charge in [-0.1, -0.05) is 11.6 Å². The number of hydrogen-bond acceptors (Lipinski definition) is 3. The molecule has 0 spiro atoms. The third kappa shape index (κ3) is 1.80. The highest BCUT2D eigenvalue weighted by atomic mass is 35.5. The summed E-state index contributed by atoms with van der Waals surface area (Å²) in [6.07, 6.45) is 0. The first-order valence-electron chi connectivity index (χ1n) is 4.45. The summed E-state index contributed by atoms with van der Waals surface area (Å²) in [6, 6.07) is 5.07. The minimum atomic E-state index is -0.175. The molecule has 0 aliphatic heterocycles. The fourth-order valence-electron chi connectivity index (χ4n) is 1.31. The Morgan fingerprint density at radius 3 is 2.80 bits per heavy atom. The number of nitrogens with zero attached hydrogens (tertiary/aromatic N) is 2. The van der Waals surface area contributed by atoms with Gasteiger partial charge in [0.25, 0.3) is 5.56 Å². The highest BCUT2D eigenvalue weighted by Crippen LogP contribution is 2.15. The zero-order chi connectivity index (χ0) is 11.0. The van der Waals surface area contributed by atoms with Crippen LogP contribution < -0.4 is 10.5 Å². The maximum Gasteiger partial charge on any atom is 0.260 e. The van der Waals surface area contributed by atoms with E-state index in [-0.39, 0.29) is 5.56 Å². The largest absolute Gasteiger partial charge is 0.348 e. The molecule has 0 saturated carbocycles. The molecule has 0 fully saturated rings. The van der Waals surface area contributed by atoms with Crippen LogP contribution in [0.25, 0.3) is 10.9 Å². The zero-order valence-corrected chi connectivity index (χ0v) is 9.17. The molecule has 0 atom stereocenters. The number of H-pyrrole nitrogens is 1. The quantitative estimate of drug-likeness (QED) is 0.800. The van der Waals surface area contributed by atoms with Crippen LogP contribution in [-0.2, 0) is 0 Å². The number of hydrogen-bond donors (Lipinski definition) is 1. The van der Waals surface area contributed by atoms with Gasteiger partial charge in [0.1, 0.15) is 0 Å². The van der Waals surface area contributed by atoms with Crippen molar-refractivity contribution < 1.29 is 0 Å². The van der Waals surface area contributed by atoms with Crippen LogP contribution in [-0.4, -0.2) is 24.1 Å². The third-order valence-corrected chi connectivity index (χ3v) is 2.31. The van der Waals surface area contributed by atoms with E-state index in [1.807, 2.05) is 14.1 Å². The van der Waals surface area contributed by atoms with Gasteiger partial charge < -0.3 is 4.90 Å². The highest BCUT2D eigenvalue weighted by molar-refractivity contribution is 6.31. The van der Waals surface area contributed by atoms with Crippen molar-refractivity contribution in [2.75, 3.05) is 19.0 Å². The molecule has 2 aromatic rings. The molecule has 0 aliphatic carbocycles. The van der Waals surface area contributed by atoms with Crippen molar-refractivity contribution in [3.8, 4) is 0 Å². The Balaban J connectivity index is 2.79. The van der Waals surface area contributed by atoms with Gasteiger partial charge in [0.15, 0.2) is 0 Å². The Bertz CT molecular complexity index is 562. The molecule has 1 heterocycles. The number of fused-ring (bicyclic) bond motifs is 1. The molecular weight excluding hydrogens is 214 g/mol. The second kappa shape index (κ2) is 3.55. The molecule has 2 rings (SSSR count). The molecule has 5 heteroatoms. The summed E-state index contributed by atoms with van der Waals surface area (Å²) >= 11 is 5.80. The lowest BCUT2D eigenvalue weighted by Crippen LogP contribution is -2.18. The van der Waals surface area contributed by atoms with E-state index >= 15 is 0 Å². The summed E-state index contributed by atoms with van der Waals surface area (Å²) in [7, 11) is 3.64. The second-order valence-corrected chi connectivity index (χ2v) is 3.88. The summed E-state index contributed by atoms with van der Waals surface area (Å²) < 4.78 is 0. The number of anilines is 1. The van der Waals surface area contributed by atoms with Gasteiger partial charge in [-0.15, -0.1) is 0 Å². The fourth-order valence-corrected chi connectivity index (χ4v) is 1.48. The minimum Gasteiger partial charge on any atom is -0.348 e. The van der Waals surface area contributed by atoms with Gasteiger partial charge in [-0.25, -0.2) is 4.98 Å². The van der Waals surface area contributed by atoms with Crippen LogP contribution in [0.4, 0.5) is 5.95 Å². The van der Waals surface area contributed by atoms with Crippen LogP contribution >= 0.6 is 11.6 Å². The molecule has 1 aromatic carbocycles. The first-order chi connectivity index (χ1) is 7.08. The molecule has 0 bridgehead atoms. The fraction of sp³-hybridized carbons (Fsp3) is 0.200. The van der Waals surface area contributed by atoms with E-state index in [0.29, 0.717) is 21.9 Å². The molecule has 0 unspecified atom stereocenters. The normalized spacial score (nSPS) is 10.6. The topological polar surface area (TPSA) is 49.0 Å². The average Bonchev–Trinajstić information content (AvgIpc) is 2.18. The first-order valence-corrected chi connectivity index (χ1v) is 4.82. The van der Waals surface area contributed by atoms with Crippen LogP contribution in [0.5, 0.6) is 0 Å². The van der Waals surface area contributed by atoms with Crippen molar-refractivity contribution in [1.29, 1.82) is 0 Å². The van der Waals surface area contributed by atoms with Crippen molar-refractivity contribution in [3.63, 3.8) is 0 Å². The molecule has 0 amide bonds. The number of aromatic nitrogens is 2. The minimum absolute atomic E-state index is 0.175. The summed E-state index contributed by atoms with van der Waals surface area (Å²) in [5.41, 5.74) is 0.470. The molecule has 15 heavy (non-hydrogen) atoms. The van der Waals surface area contributed by atoms with E-state index in [0.717, 1.165) is 0 Å². The van der Waals surface area contributed by atoms with Gasteiger partial charge in [0.2, 0.25) is 5.95 Å². The predicted octanol–water partition coefficient (Wildman–Crippen LogP) is 1.64. The number of nitrogens with one attached hydrogen (secondary N) is 1. The van der Waals surface area contributed by atoms with Crippen LogP contribution in [0.1, 0.15) is 0 Å². The lowest BCUT2D eigenvalue weighted by molar-refractivity contribution is 1.00. The molecule has 1 aromatic heterocycles. The molecule has 0 radical (unpaired) electrons. The Hall–Kier alpha value is -1.55. The van der Waals surface area contributed by atoms with E-state index in [4.69, 9.17) is 11.6 Å². The van der Waals surface area contributed by atoms with Crippen LogP contribution in [0.3, 0.4) is 0 Å². The first kappa shape index (κ1) is 9.98. The van der Waals surface area contributed by atoms with E-state index in [9.17, 15) is 4.79 Å². The lowest BCUT2D eigenvalue weighted by Gasteiger charge is -2.10. The molecular formula is C10H10ClN3O. The van der Waals surface area contributed by atoms with E-state index in [1.165, 1.54) is 0 Å². The monoisotopic (exact) mass is 223 g/mol. The number of benzene rings is 1. The van der Waals surface area contributed by atoms with E-state index in [1.54, 1.807) is 23.1 Å². The summed E-state index contributed by atoms with van der Waals surface area (Å²) in [6.45, 7) is 0. The maximum atomic E-state index is 11.7. The SMILES string of the molecule is CN(C)c1nc2ccc(Cl)cc2c(=O)[nH]1. The number of rotatable bonds is 1. The van der Waals surface area contributed by atoms with Gasteiger partial charge in [-0.2, -0.15) is 0 Å². The van der Waals surface area contributed by atoms with Gasteiger partial charge in [0, 0.05) is 19.1 Å². The lowest BCUT2D eigenvalue weighted by atomic mass is 10.2. The van der Waals surface area contributed by atoms with Gasteiger partial charge in [-0.3, -0.25) is 9.78 Å². The van der Waals surface area contributed by atoms with E-state index < -0.39 is 0 Å². The number of halogens is 1. The van der Waals surface area contributed by atoms with Crippen molar-refractivity contribution in [3.05, 3.63) is 33.6 Å². The van der Waals surface area contributed by atoms with Gasteiger partial charge in [0.05, 0.1) is 10.9 Å². The molecule has 0 saturated heterocycles. The average molecular weight is 224 g/mol. The Kier molecular flexibility index (Phi) is 2.36. The van der Waals surface area contributed by atoms with Crippen LogP contribution in [0.2, 0.25) is 5.02 Å². The van der Waals surface area contributed by atoms with Crippen molar-refractivity contribution in [1.82, 2.24) is 9.97 Å². The van der Waals surface area contributed by atoms with E-state index in [2.05, 4.69) is 9.97 Å². The van der Waals surface area contributed by atoms with Crippen LogP contribution in [0.15, 0.2) is 23.0 Å². The second-order valence-electron chi connectivity index (χ2n) is 3.45. The molecule has 1 N–H and O–H groups in total. The summed E-state index contributed by atoms with van der Waals surface area (Å²) in [5.74, 6) is 0.537. The Morgan fingerprint density at radius 2 is 2.13 bits per heavy atom. The van der Waals surface area contributed by atoms with Gasteiger partial charge in [-0.05, 0) is 18.2 Å². The van der Waals surface area contributed by atoms with Gasteiger partial charge >= 0.3 is 0 Å². The Labute approximate surface area is 91.5 Å². The summed E-state index contributed by atoms with van der Waals surface area (Å²) in [4.78, 5) is 20.4. The molecule has 4 nitrogen and oxygen atoms in total. The molecule has 78 valence electrons. The van der Waals surface area contributed by atoms with Crippen molar-refractivity contribution >= 4 is 28.5 Å².